The molecule has 0 aliphatic carbocycles. The van der Waals surface area contributed by atoms with Gasteiger partial charge in [-0.3, -0.25) is 0 Å². The summed E-state index contributed by atoms with van der Waals surface area (Å²) in [5.41, 5.74) is -0.325. The Hall–Kier alpha value is -1.70. The van der Waals surface area contributed by atoms with Crippen molar-refractivity contribution < 1.29 is 14.6 Å². The van der Waals surface area contributed by atoms with Crippen LogP contribution in [-0.2, 0) is 4.74 Å². The minimum atomic E-state index is -0.563. The zero-order valence-electron chi connectivity index (χ0n) is 10.6. The first-order valence-electron chi connectivity index (χ1n) is 5.58. The fraction of sp³-hybridized carbons (Fsp3) is 0.667. The van der Waals surface area contributed by atoms with Crippen LogP contribution in [0.1, 0.15) is 34.1 Å². The number of aliphatic hydroxyl groups excluding tert-OH is 1. The summed E-state index contributed by atoms with van der Waals surface area (Å²) in [5, 5.41) is 18.5. The number of nitriles is 1. The molecule has 0 aromatic carbocycles. The average molecular weight is 238 g/mol. The summed E-state index contributed by atoms with van der Waals surface area (Å²) in [7, 11) is 0. The van der Waals surface area contributed by atoms with Gasteiger partial charge in [0.05, 0.1) is 11.6 Å². The van der Waals surface area contributed by atoms with Gasteiger partial charge in [0.1, 0.15) is 17.4 Å². The summed E-state index contributed by atoms with van der Waals surface area (Å²) in [6.45, 7) is 7.44. The van der Waals surface area contributed by atoms with Crippen LogP contribution in [0.25, 0.3) is 0 Å². The summed E-state index contributed by atoms with van der Waals surface area (Å²) in [5.74, 6) is 0.0693. The predicted molar refractivity (Wildman–Crippen MR) is 62.3 cm³/mol. The van der Waals surface area contributed by atoms with E-state index in [1.54, 1.807) is 27.7 Å². The maximum absolute atomic E-state index is 11.9. The van der Waals surface area contributed by atoms with Crippen molar-refractivity contribution in [2.45, 2.75) is 45.8 Å². The largest absolute Gasteiger partial charge is 0.511 e. The lowest BCUT2D eigenvalue weighted by Crippen LogP contribution is -2.45. The number of amides is 1. The fourth-order valence-electron chi connectivity index (χ4n) is 1.68. The zero-order chi connectivity index (χ0) is 13.2. The van der Waals surface area contributed by atoms with Gasteiger partial charge in [-0.25, -0.2) is 4.79 Å². The van der Waals surface area contributed by atoms with E-state index in [0.717, 1.165) is 0 Å². The van der Waals surface area contributed by atoms with Crippen molar-refractivity contribution in [3.63, 3.8) is 0 Å². The molecule has 0 aromatic rings. The molecule has 1 aliphatic heterocycles. The van der Waals surface area contributed by atoms with Gasteiger partial charge in [0, 0.05) is 13.0 Å². The van der Waals surface area contributed by atoms with Crippen molar-refractivity contribution in [2.75, 3.05) is 6.54 Å². The quantitative estimate of drug-likeness (QED) is 0.703. The second-order valence-electron chi connectivity index (χ2n) is 5.07. The van der Waals surface area contributed by atoms with E-state index in [1.807, 2.05) is 6.07 Å². The Balaban J connectivity index is 2.83. The summed E-state index contributed by atoms with van der Waals surface area (Å²) in [6.07, 6.45) is -0.155. The monoisotopic (exact) mass is 238 g/mol. The Morgan fingerprint density at radius 1 is 1.59 bits per heavy atom. The van der Waals surface area contributed by atoms with E-state index in [2.05, 4.69) is 0 Å². The van der Waals surface area contributed by atoms with Crippen molar-refractivity contribution in [2.24, 2.45) is 0 Å². The van der Waals surface area contributed by atoms with Gasteiger partial charge < -0.3 is 14.7 Å². The maximum atomic E-state index is 11.9. The zero-order valence-corrected chi connectivity index (χ0v) is 10.6. The van der Waals surface area contributed by atoms with Crippen LogP contribution in [0.4, 0.5) is 4.79 Å². The summed E-state index contributed by atoms with van der Waals surface area (Å²) in [4.78, 5) is 13.3. The Labute approximate surface area is 101 Å². The van der Waals surface area contributed by atoms with Crippen LogP contribution < -0.4 is 0 Å². The van der Waals surface area contributed by atoms with Crippen LogP contribution in [-0.4, -0.2) is 34.3 Å². The molecule has 1 amide bonds. The molecule has 0 aromatic heterocycles. The number of hydrogen-bond donors (Lipinski definition) is 1. The van der Waals surface area contributed by atoms with Gasteiger partial charge >= 0.3 is 6.09 Å². The normalized spacial score (nSPS) is 21.1. The lowest BCUT2D eigenvalue weighted by molar-refractivity contribution is 0.0183. The summed E-state index contributed by atoms with van der Waals surface area (Å²) < 4.78 is 5.25. The van der Waals surface area contributed by atoms with Crippen LogP contribution in [0.3, 0.4) is 0 Å². The van der Waals surface area contributed by atoms with Gasteiger partial charge in [-0.05, 0) is 27.7 Å². The van der Waals surface area contributed by atoms with Gasteiger partial charge in [-0.2, -0.15) is 5.26 Å². The Morgan fingerprint density at radius 2 is 2.18 bits per heavy atom. The molecule has 0 fully saturated rings. The van der Waals surface area contributed by atoms with Crippen LogP contribution in [0.15, 0.2) is 11.3 Å². The molecule has 0 bridgehead atoms. The minimum Gasteiger partial charge on any atom is -0.511 e. The van der Waals surface area contributed by atoms with E-state index in [1.165, 1.54) is 4.90 Å². The molecule has 0 spiro atoms. The van der Waals surface area contributed by atoms with E-state index < -0.39 is 17.7 Å². The molecule has 1 heterocycles. The standard InChI is InChI=1S/C12H18N2O3/c1-8-9(7-13)10(15)5-6-14(8)11(16)17-12(2,3)4/h8,15H,5-6H2,1-4H3/t8-/m0/s1. The Bertz CT molecular complexity index is 388. The summed E-state index contributed by atoms with van der Waals surface area (Å²) >= 11 is 0. The highest BCUT2D eigenvalue weighted by Gasteiger charge is 2.32. The van der Waals surface area contributed by atoms with Gasteiger partial charge in [0.25, 0.3) is 0 Å². The van der Waals surface area contributed by atoms with Crippen LogP contribution in [0, 0.1) is 11.3 Å². The molecule has 5 heteroatoms. The maximum Gasteiger partial charge on any atom is 0.410 e. The number of hydrogen-bond acceptors (Lipinski definition) is 4. The molecular formula is C12H18N2O3. The molecule has 5 nitrogen and oxygen atoms in total. The Morgan fingerprint density at radius 3 is 2.65 bits per heavy atom. The van der Waals surface area contributed by atoms with Crippen molar-refractivity contribution >= 4 is 6.09 Å². The topological polar surface area (TPSA) is 73.6 Å². The van der Waals surface area contributed by atoms with Crippen LogP contribution >= 0.6 is 0 Å². The van der Waals surface area contributed by atoms with Crippen molar-refractivity contribution in [1.29, 1.82) is 5.26 Å². The predicted octanol–water partition coefficient (Wildman–Crippen LogP) is 2.35. The number of aliphatic hydroxyl groups is 1. The molecular weight excluding hydrogens is 220 g/mol. The lowest BCUT2D eigenvalue weighted by atomic mass is 10.0. The van der Waals surface area contributed by atoms with Crippen LogP contribution in [0.5, 0.6) is 0 Å². The molecule has 0 saturated heterocycles. The summed E-state index contributed by atoms with van der Waals surface area (Å²) in [6, 6.07) is 1.49. The molecule has 0 saturated carbocycles. The van der Waals surface area contributed by atoms with Gasteiger partial charge in [0.2, 0.25) is 0 Å². The molecule has 94 valence electrons. The second kappa shape index (κ2) is 4.66. The highest BCUT2D eigenvalue weighted by molar-refractivity contribution is 5.70. The van der Waals surface area contributed by atoms with E-state index in [4.69, 9.17) is 10.00 Å². The molecule has 1 atom stereocenters. The van der Waals surface area contributed by atoms with E-state index >= 15 is 0 Å². The number of ether oxygens (including phenoxy) is 1. The molecule has 0 radical (unpaired) electrons. The number of nitrogens with zero attached hydrogens (tertiary/aromatic N) is 2. The second-order valence-corrected chi connectivity index (χ2v) is 5.07. The third-order valence-electron chi connectivity index (χ3n) is 2.53. The Kier molecular flexibility index (Phi) is 3.66. The SMILES string of the molecule is C[C@H]1C(C#N)=C(O)CCN1C(=O)OC(C)(C)C. The van der Waals surface area contributed by atoms with Crippen LogP contribution in [0.2, 0.25) is 0 Å². The van der Waals surface area contributed by atoms with E-state index in [0.29, 0.717) is 13.0 Å². The number of rotatable bonds is 0. The molecule has 1 aliphatic rings. The lowest BCUT2D eigenvalue weighted by Gasteiger charge is -2.34. The number of carbonyl (C=O) groups is 1. The van der Waals surface area contributed by atoms with E-state index in [9.17, 15) is 9.90 Å². The molecule has 0 unspecified atom stereocenters. The van der Waals surface area contributed by atoms with E-state index in [-0.39, 0.29) is 11.3 Å². The van der Waals surface area contributed by atoms with Gasteiger partial charge in [-0.1, -0.05) is 0 Å². The van der Waals surface area contributed by atoms with Crippen molar-refractivity contribution in [1.82, 2.24) is 4.90 Å². The van der Waals surface area contributed by atoms with Gasteiger partial charge in [-0.15, -0.1) is 0 Å². The first kappa shape index (κ1) is 13.4. The third kappa shape index (κ3) is 3.13. The molecule has 1 N–H and O–H groups in total. The highest BCUT2D eigenvalue weighted by Crippen LogP contribution is 2.23. The minimum absolute atomic E-state index is 0.0693. The van der Waals surface area contributed by atoms with Crippen molar-refractivity contribution in [3.8, 4) is 6.07 Å². The van der Waals surface area contributed by atoms with Gasteiger partial charge in [0.15, 0.2) is 0 Å². The smallest absolute Gasteiger partial charge is 0.410 e. The third-order valence-corrected chi connectivity index (χ3v) is 2.53. The first-order valence-corrected chi connectivity index (χ1v) is 5.58. The number of carbonyl (C=O) groups excluding carboxylic acids is 1. The van der Waals surface area contributed by atoms with Crippen molar-refractivity contribution in [3.05, 3.63) is 11.3 Å². The first-order chi connectivity index (χ1) is 7.76. The average Bonchev–Trinajstić information content (AvgIpc) is 2.15. The molecule has 1 rings (SSSR count). The fourth-order valence-corrected chi connectivity index (χ4v) is 1.68. The molecule has 17 heavy (non-hydrogen) atoms. The highest BCUT2D eigenvalue weighted by atomic mass is 16.6.